The number of hydrogen-bond acceptors (Lipinski definition) is 8. The van der Waals surface area contributed by atoms with Crippen molar-refractivity contribution in [1.29, 1.82) is 0 Å². The number of hydrogen-bond donors (Lipinski definition) is 1. The molecule has 3 aromatic rings. The number of anilines is 1. The van der Waals surface area contributed by atoms with Crippen LogP contribution in [0.3, 0.4) is 0 Å². The van der Waals surface area contributed by atoms with Gasteiger partial charge in [0.25, 0.3) is 5.22 Å². The van der Waals surface area contributed by atoms with Gasteiger partial charge in [-0.25, -0.2) is 9.97 Å². The Morgan fingerprint density at radius 3 is 2.86 bits per heavy atom. The molecule has 1 aromatic carbocycles. The third-order valence-corrected chi connectivity index (χ3v) is 4.07. The van der Waals surface area contributed by atoms with E-state index >= 15 is 0 Å². The van der Waals surface area contributed by atoms with Crippen LogP contribution in [0.15, 0.2) is 33.9 Å². The van der Waals surface area contributed by atoms with E-state index in [1.165, 1.54) is 11.8 Å². The fourth-order valence-electron chi connectivity index (χ4n) is 1.82. The summed E-state index contributed by atoms with van der Waals surface area (Å²) in [4.78, 5) is 8.80. The molecule has 0 radical (unpaired) electrons. The summed E-state index contributed by atoms with van der Waals surface area (Å²) in [7, 11) is 0. The van der Waals surface area contributed by atoms with Gasteiger partial charge in [-0.3, -0.25) is 0 Å². The second-order valence-corrected chi connectivity index (χ2v) is 6.02. The lowest BCUT2D eigenvalue weighted by Gasteiger charge is -2.03. The minimum atomic E-state index is 0.491. The molecule has 2 heterocycles. The Morgan fingerprint density at radius 2 is 2.00 bits per heavy atom. The van der Waals surface area contributed by atoms with Crippen LogP contribution in [0.4, 0.5) is 5.82 Å². The number of fused-ring (bicyclic) bond motifs is 1. The highest BCUT2D eigenvalue weighted by Gasteiger charge is 2.09. The molecule has 0 saturated heterocycles. The van der Waals surface area contributed by atoms with Crippen molar-refractivity contribution in [2.24, 2.45) is 0 Å². The molecule has 0 aliphatic heterocycles. The zero-order valence-electron chi connectivity index (χ0n) is 11.3. The van der Waals surface area contributed by atoms with Gasteiger partial charge in [0.2, 0.25) is 5.89 Å². The Hall–Kier alpha value is -1.80. The molecule has 108 valence electrons. The van der Waals surface area contributed by atoms with Crippen molar-refractivity contribution in [3.8, 4) is 0 Å². The Balaban J connectivity index is 1.75. The normalized spacial score (nSPS) is 11.1. The van der Waals surface area contributed by atoms with Crippen molar-refractivity contribution in [3.05, 3.63) is 36.0 Å². The lowest BCUT2D eigenvalue weighted by atomic mass is 10.2. The Morgan fingerprint density at radius 1 is 1.14 bits per heavy atom. The first-order chi connectivity index (χ1) is 10.3. The minimum Gasteiger partial charge on any atom is -0.415 e. The molecule has 0 atom stereocenters. The summed E-state index contributed by atoms with van der Waals surface area (Å²) < 4.78 is 5.50. The van der Waals surface area contributed by atoms with Crippen LogP contribution in [0.2, 0.25) is 0 Å². The van der Waals surface area contributed by atoms with E-state index in [9.17, 15) is 0 Å². The Kier molecular flexibility index (Phi) is 4.26. The van der Waals surface area contributed by atoms with Gasteiger partial charge in [0.1, 0.15) is 11.6 Å². The number of benzene rings is 1. The first-order valence-corrected chi connectivity index (χ1v) is 8.59. The van der Waals surface area contributed by atoms with Crippen LogP contribution in [-0.2, 0) is 11.5 Å². The number of nitrogens with two attached hydrogens (primary N) is 1. The smallest absolute Gasteiger partial charge is 0.277 e. The van der Waals surface area contributed by atoms with Crippen molar-refractivity contribution in [3.63, 3.8) is 0 Å². The lowest BCUT2D eigenvalue weighted by molar-refractivity contribution is 0.426. The van der Waals surface area contributed by atoms with E-state index in [2.05, 4.69) is 20.2 Å². The third-order valence-electron chi connectivity index (χ3n) is 2.72. The summed E-state index contributed by atoms with van der Waals surface area (Å²) in [5, 5.41) is 9.33. The van der Waals surface area contributed by atoms with E-state index in [0.29, 0.717) is 34.3 Å². The summed E-state index contributed by atoms with van der Waals surface area (Å²) in [6.45, 7) is 0. The molecule has 0 unspecified atom stereocenters. The molecule has 3 rings (SSSR count). The first kappa shape index (κ1) is 14.2. The summed E-state index contributed by atoms with van der Waals surface area (Å²) in [6, 6.07) is 7.68. The molecule has 2 aromatic heterocycles. The van der Waals surface area contributed by atoms with E-state index < -0.39 is 0 Å². The topological polar surface area (TPSA) is 90.7 Å². The molecule has 6 nitrogen and oxygen atoms in total. The van der Waals surface area contributed by atoms with E-state index in [0.717, 1.165) is 10.9 Å². The van der Waals surface area contributed by atoms with Crippen LogP contribution in [0.1, 0.15) is 11.7 Å². The monoisotopic (exact) mass is 319 g/mol. The summed E-state index contributed by atoms with van der Waals surface area (Å²) in [5.41, 5.74) is 6.80. The van der Waals surface area contributed by atoms with Gasteiger partial charge in [0, 0.05) is 5.39 Å². The highest BCUT2D eigenvalue weighted by Crippen LogP contribution is 2.23. The fraction of sp³-hybridized carbons (Fsp3) is 0.231. The van der Waals surface area contributed by atoms with Crippen LogP contribution in [0, 0.1) is 0 Å². The predicted molar refractivity (Wildman–Crippen MR) is 85.0 cm³/mol. The average Bonchev–Trinajstić information content (AvgIpc) is 2.93. The quantitative estimate of drug-likeness (QED) is 0.718. The van der Waals surface area contributed by atoms with E-state index in [-0.39, 0.29) is 0 Å². The van der Waals surface area contributed by atoms with Gasteiger partial charge in [0.15, 0.2) is 0 Å². The second-order valence-electron chi connectivity index (χ2n) is 4.23. The van der Waals surface area contributed by atoms with Crippen LogP contribution < -0.4 is 5.73 Å². The van der Waals surface area contributed by atoms with Crippen molar-refractivity contribution in [2.45, 2.75) is 16.7 Å². The molecule has 21 heavy (non-hydrogen) atoms. The number of aromatic nitrogens is 4. The largest absolute Gasteiger partial charge is 0.415 e. The van der Waals surface area contributed by atoms with Gasteiger partial charge < -0.3 is 10.2 Å². The number of thioether (sulfide) groups is 2. The van der Waals surface area contributed by atoms with Gasteiger partial charge in [0.05, 0.1) is 17.0 Å². The summed E-state index contributed by atoms with van der Waals surface area (Å²) >= 11 is 3.05. The number of rotatable bonds is 5. The van der Waals surface area contributed by atoms with Crippen LogP contribution >= 0.6 is 23.5 Å². The standard InChI is InChI=1S/C13H13N5OS2/c1-20-7-11-17-18-13(19-11)21-6-10-15-9-5-3-2-4-8(9)12(14)16-10/h2-5H,6-7H2,1H3,(H2,14,15,16). The minimum absolute atomic E-state index is 0.491. The molecule has 0 aliphatic carbocycles. The van der Waals surface area contributed by atoms with Gasteiger partial charge >= 0.3 is 0 Å². The van der Waals surface area contributed by atoms with Crippen molar-refractivity contribution in [2.75, 3.05) is 12.0 Å². The molecular formula is C13H13N5OS2. The highest BCUT2D eigenvalue weighted by molar-refractivity contribution is 7.98. The van der Waals surface area contributed by atoms with Crippen LogP contribution in [-0.4, -0.2) is 26.4 Å². The van der Waals surface area contributed by atoms with Crippen LogP contribution in [0.5, 0.6) is 0 Å². The van der Waals surface area contributed by atoms with Gasteiger partial charge in [-0.1, -0.05) is 23.9 Å². The van der Waals surface area contributed by atoms with Gasteiger partial charge in [-0.2, -0.15) is 11.8 Å². The molecule has 0 spiro atoms. The van der Waals surface area contributed by atoms with E-state index in [1.807, 2.05) is 30.5 Å². The molecule has 0 amide bonds. The van der Waals surface area contributed by atoms with Crippen LogP contribution in [0.25, 0.3) is 10.9 Å². The number of para-hydroxylation sites is 1. The number of nitrogen functional groups attached to an aromatic ring is 1. The maximum Gasteiger partial charge on any atom is 0.277 e. The highest BCUT2D eigenvalue weighted by atomic mass is 32.2. The molecular weight excluding hydrogens is 306 g/mol. The second kappa shape index (κ2) is 6.31. The Bertz CT molecular complexity index is 761. The zero-order chi connectivity index (χ0) is 14.7. The lowest BCUT2D eigenvalue weighted by Crippen LogP contribution is -1.99. The summed E-state index contributed by atoms with van der Waals surface area (Å²) in [5.74, 6) is 3.03. The molecule has 2 N–H and O–H groups in total. The van der Waals surface area contributed by atoms with E-state index in [1.54, 1.807) is 11.8 Å². The van der Waals surface area contributed by atoms with E-state index in [4.69, 9.17) is 10.2 Å². The SMILES string of the molecule is CSCc1nnc(SCc2nc(N)c3ccccc3n2)o1. The van der Waals surface area contributed by atoms with Gasteiger partial charge in [-0.05, 0) is 18.4 Å². The molecule has 0 bridgehead atoms. The predicted octanol–water partition coefficient (Wildman–Crippen LogP) is 2.75. The molecule has 0 aliphatic rings. The fourth-order valence-corrected chi connectivity index (χ4v) is 2.82. The van der Waals surface area contributed by atoms with Crippen molar-refractivity contribution < 1.29 is 4.42 Å². The number of nitrogens with zero attached hydrogens (tertiary/aromatic N) is 4. The molecule has 8 heteroatoms. The molecule has 0 saturated carbocycles. The average molecular weight is 319 g/mol. The van der Waals surface area contributed by atoms with Crippen molar-refractivity contribution in [1.82, 2.24) is 20.2 Å². The van der Waals surface area contributed by atoms with Crippen molar-refractivity contribution >= 4 is 40.2 Å². The first-order valence-electron chi connectivity index (χ1n) is 6.21. The zero-order valence-corrected chi connectivity index (χ0v) is 12.9. The maximum absolute atomic E-state index is 5.96. The maximum atomic E-state index is 5.96. The third kappa shape index (κ3) is 3.27. The van der Waals surface area contributed by atoms with Gasteiger partial charge in [-0.15, -0.1) is 10.2 Å². The summed E-state index contributed by atoms with van der Waals surface area (Å²) in [6.07, 6.45) is 1.99. The Labute approximate surface area is 129 Å². The molecule has 0 fully saturated rings.